The highest BCUT2D eigenvalue weighted by Crippen LogP contribution is 2.45. The fourth-order valence-corrected chi connectivity index (χ4v) is 5.50. The average Bonchev–Trinajstić information content (AvgIpc) is 2.92. The van der Waals surface area contributed by atoms with Crippen molar-refractivity contribution in [3.05, 3.63) is 109 Å². The van der Waals surface area contributed by atoms with Crippen LogP contribution in [-0.2, 0) is 10.1 Å². The van der Waals surface area contributed by atoms with Crippen molar-refractivity contribution in [1.29, 1.82) is 0 Å². The minimum atomic E-state index is -5.88. The van der Waals surface area contributed by atoms with Crippen molar-refractivity contribution in [2.45, 2.75) is 5.51 Å². The van der Waals surface area contributed by atoms with Gasteiger partial charge >= 0.3 is 15.6 Å². The molecule has 0 aliphatic rings. The predicted molar refractivity (Wildman–Crippen MR) is 147 cm³/mol. The van der Waals surface area contributed by atoms with E-state index in [9.17, 15) is 26.7 Å². The Balaban J connectivity index is 1.70. The van der Waals surface area contributed by atoms with Gasteiger partial charge in [0.05, 0.1) is 0 Å². The molecule has 0 bridgehead atoms. The summed E-state index contributed by atoms with van der Waals surface area (Å²) in [5.74, 6) is -0.283. The SMILES string of the molecule is O=S(=O)(Oc1ccccc1-c1cc2c3ccccc3c(-c3ccccc3O)cc2c2ccccc12)C(F)(F)F. The first-order chi connectivity index (χ1) is 18.7. The van der Waals surface area contributed by atoms with Crippen molar-refractivity contribution in [3.8, 4) is 33.8 Å². The average molecular weight is 545 g/mol. The number of phenolic OH excluding ortho intramolecular Hbond substituents is 1. The molecule has 0 aromatic heterocycles. The third-order valence-corrected chi connectivity index (χ3v) is 7.70. The monoisotopic (exact) mass is 544 g/mol. The van der Waals surface area contributed by atoms with E-state index in [2.05, 4.69) is 4.18 Å². The Morgan fingerprint density at radius 3 is 1.51 bits per heavy atom. The maximum absolute atomic E-state index is 13.2. The van der Waals surface area contributed by atoms with Crippen LogP contribution in [0.3, 0.4) is 0 Å². The number of fused-ring (bicyclic) bond motifs is 5. The van der Waals surface area contributed by atoms with Crippen LogP contribution in [0.2, 0.25) is 0 Å². The fourth-order valence-electron chi connectivity index (χ4n) is 5.03. The van der Waals surface area contributed by atoms with Crippen molar-refractivity contribution in [2.75, 3.05) is 0 Å². The Bertz CT molecular complexity index is 2020. The van der Waals surface area contributed by atoms with Gasteiger partial charge in [0.1, 0.15) is 5.75 Å². The Kier molecular flexibility index (Phi) is 5.73. The van der Waals surface area contributed by atoms with E-state index in [-0.39, 0.29) is 11.3 Å². The first-order valence-electron chi connectivity index (χ1n) is 11.9. The maximum atomic E-state index is 13.2. The lowest BCUT2D eigenvalue weighted by Gasteiger charge is -2.18. The summed E-state index contributed by atoms with van der Waals surface area (Å²) in [6, 6.07) is 31.7. The van der Waals surface area contributed by atoms with Crippen molar-refractivity contribution < 1.29 is 30.9 Å². The summed E-state index contributed by atoms with van der Waals surface area (Å²) in [5, 5.41) is 15.6. The third-order valence-electron chi connectivity index (χ3n) is 6.74. The van der Waals surface area contributed by atoms with E-state index in [1.807, 2.05) is 66.7 Å². The van der Waals surface area contributed by atoms with E-state index in [1.165, 1.54) is 18.2 Å². The molecule has 0 heterocycles. The van der Waals surface area contributed by atoms with Gasteiger partial charge in [-0.3, -0.25) is 0 Å². The summed E-state index contributed by atoms with van der Waals surface area (Å²) in [7, 11) is -5.88. The summed E-state index contributed by atoms with van der Waals surface area (Å²) >= 11 is 0. The van der Waals surface area contributed by atoms with Crippen LogP contribution >= 0.6 is 0 Å². The van der Waals surface area contributed by atoms with Crippen molar-refractivity contribution >= 4 is 42.4 Å². The molecule has 1 N–H and O–H groups in total. The largest absolute Gasteiger partial charge is 0.534 e. The van der Waals surface area contributed by atoms with E-state index in [0.29, 0.717) is 16.5 Å². The Labute approximate surface area is 221 Å². The van der Waals surface area contributed by atoms with Gasteiger partial charge in [0.25, 0.3) is 0 Å². The van der Waals surface area contributed by atoms with Crippen molar-refractivity contribution in [3.63, 3.8) is 0 Å². The van der Waals surface area contributed by atoms with E-state index in [1.54, 1.807) is 24.3 Å². The zero-order valence-corrected chi connectivity index (χ0v) is 20.9. The zero-order valence-electron chi connectivity index (χ0n) is 20.1. The quantitative estimate of drug-likeness (QED) is 0.137. The molecule has 6 rings (SSSR count). The predicted octanol–water partition coefficient (Wildman–Crippen LogP) is 8.41. The van der Waals surface area contributed by atoms with Crippen molar-refractivity contribution in [1.82, 2.24) is 0 Å². The van der Waals surface area contributed by atoms with Gasteiger partial charge in [-0.05, 0) is 67.7 Å². The second kappa shape index (κ2) is 9.03. The van der Waals surface area contributed by atoms with Gasteiger partial charge in [-0.2, -0.15) is 21.6 Å². The zero-order chi connectivity index (χ0) is 27.4. The van der Waals surface area contributed by atoms with Gasteiger partial charge in [-0.15, -0.1) is 0 Å². The number of aromatic hydroxyl groups is 1. The van der Waals surface area contributed by atoms with Crippen LogP contribution in [0.5, 0.6) is 11.5 Å². The van der Waals surface area contributed by atoms with Crippen LogP contribution in [0.1, 0.15) is 0 Å². The van der Waals surface area contributed by atoms with E-state index < -0.39 is 21.4 Å². The van der Waals surface area contributed by atoms with Gasteiger partial charge in [0, 0.05) is 11.1 Å². The molecular formula is C31H19F3O4S. The molecule has 194 valence electrons. The summed E-state index contributed by atoms with van der Waals surface area (Å²) in [6.45, 7) is 0. The van der Waals surface area contributed by atoms with E-state index >= 15 is 0 Å². The Morgan fingerprint density at radius 1 is 0.538 bits per heavy atom. The molecule has 6 aromatic carbocycles. The van der Waals surface area contributed by atoms with Gasteiger partial charge in [-0.1, -0.05) is 84.9 Å². The molecule has 0 aliphatic heterocycles. The van der Waals surface area contributed by atoms with E-state index in [0.717, 1.165) is 32.5 Å². The standard InChI is InChI=1S/C31H19F3O4S/c32-31(33,34)39(36,37)38-30-16-8-6-14-24(30)26-18-28-21-11-3-1-9-19(21)25(23-13-5-7-15-29(23)35)17-27(28)22-12-4-2-10-20(22)26/h1-18,35H. The van der Waals surface area contributed by atoms with Crippen LogP contribution in [0.25, 0.3) is 54.6 Å². The van der Waals surface area contributed by atoms with Crippen LogP contribution in [0, 0.1) is 0 Å². The first-order valence-corrected chi connectivity index (χ1v) is 13.3. The Morgan fingerprint density at radius 2 is 0.974 bits per heavy atom. The molecule has 0 spiro atoms. The highest BCUT2D eigenvalue weighted by Gasteiger charge is 2.48. The van der Waals surface area contributed by atoms with Gasteiger partial charge in [0.15, 0.2) is 5.75 Å². The highest BCUT2D eigenvalue weighted by molar-refractivity contribution is 7.88. The fraction of sp³-hybridized carbons (Fsp3) is 0.0323. The molecular weight excluding hydrogens is 525 g/mol. The highest BCUT2D eigenvalue weighted by atomic mass is 32.2. The number of alkyl halides is 3. The lowest BCUT2D eigenvalue weighted by molar-refractivity contribution is -0.0499. The number of halogens is 3. The molecule has 8 heteroatoms. The molecule has 0 saturated heterocycles. The Hall–Kier alpha value is -4.56. The van der Waals surface area contributed by atoms with Crippen LogP contribution in [-0.4, -0.2) is 19.0 Å². The molecule has 0 unspecified atom stereocenters. The summed E-state index contributed by atoms with van der Waals surface area (Å²) < 4.78 is 67.9. The number of phenols is 1. The minimum absolute atomic E-state index is 0.139. The number of para-hydroxylation sites is 2. The molecule has 0 fully saturated rings. The normalized spacial score (nSPS) is 12.3. The third kappa shape index (κ3) is 4.13. The van der Waals surface area contributed by atoms with Crippen molar-refractivity contribution in [2.24, 2.45) is 0 Å². The smallest absolute Gasteiger partial charge is 0.507 e. The van der Waals surface area contributed by atoms with Crippen LogP contribution in [0.4, 0.5) is 13.2 Å². The molecule has 4 nitrogen and oxygen atoms in total. The van der Waals surface area contributed by atoms with Crippen LogP contribution < -0.4 is 4.18 Å². The van der Waals surface area contributed by atoms with Gasteiger partial charge in [0.2, 0.25) is 0 Å². The van der Waals surface area contributed by atoms with E-state index in [4.69, 9.17) is 0 Å². The second-order valence-corrected chi connectivity index (χ2v) is 10.6. The lowest BCUT2D eigenvalue weighted by atomic mass is 9.87. The number of hydrogen-bond donors (Lipinski definition) is 1. The molecule has 0 radical (unpaired) electrons. The minimum Gasteiger partial charge on any atom is -0.507 e. The number of hydrogen-bond acceptors (Lipinski definition) is 4. The molecule has 39 heavy (non-hydrogen) atoms. The van der Waals surface area contributed by atoms with Gasteiger partial charge in [-0.25, -0.2) is 0 Å². The number of rotatable bonds is 4. The first kappa shape index (κ1) is 24.8. The maximum Gasteiger partial charge on any atom is 0.534 e. The summed E-state index contributed by atoms with van der Waals surface area (Å²) in [5.41, 5.74) is -3.35. The molecule has 0 aliphatic carbocycles. The lowest BCUT2D eigenvalue weighted by Crippen LogP contribution is -2.28. The van der Waals surface area contributed by atoms with Gasteiger partial charge < -0.3 is 9.29 Å². The molecule has 0 amide bonds. The topological polar surface area (TPSA) is 63.6 Å². The summed E-state index contributed by atoms with van der Waals surface area (Å²) in [6.07, 6.45) is 0. The molecule has 0 saturated carbocycles. The van der Waals surface area contributed by atoms with Crippen LogP contribution in [0.15, 0.2) is 109 Å². The molecule has 0 atom stereocenters. The molecule has 6 aromatic rings. The second-order valence-electron chi connectivity index (χ2n) is 9.03. The number of benzene rings is 6. The summed E-state index contributed by atoms with van der Waals surface area (Å²) in [4.78, 5) is 0.